The normalized spacial score (nSPS) is 19.4. The van der Waals surface area contributed by atoms with Gasteiger partial charge in [0.05, 0.1) is 12.0 Å². The maximum Gasteiger partial charge on any atom is 0.136 e. The first-order valence-electron chi connectivity index (χ1n) is 24.1. The minimum absolute atomic E-state index is 0.0525. The molecule has 0 unspecified atom stereocenters. The van der Waals surface area contributed by atoms with Gasteiger partial charge in [0.15, 0.2) is 0 Å². The van der Waals surface area contributed by atoms with Crippen molar-refractivity contribution in [3.8, 4) is 0 Å². The smallest absolute Gasteiger partial charge is 0.136 e. The minimum atomic E-state index is -0.653. The zero-order valence-corrected chi connectivity index (χ0v) is 33.0. The molecule has 0 bridgehead atoms. The van der Waals surface area contributed by atoms with Crippen molar-refractivity contribution < 1.29 is 4.74 Å². The van der Waals surface area contributed by atoms with Crippen LogP contribution in [0.25, 0.3) is 291 Å². The molecule has 0 heterocycles. The molecule has 4 aliphatic rings. The van der Waals surface area contributed by atoms with Crippen LogP contribution in [0.2, 0.25) is 0 Å². The molecule has 0 atom stereocenters. The van der Waals surface area contributed by atoms with Gasteiger partial charge in [0.2, 0.25) is 0 Å². The van der Waals surface area contributed by atoms with Crippen LogP contribution in [0.5, 0.6) is 0 Å². The van der Waals surface area contributed by atoms with E-state index in [2.05, 4.69) is 13.8 Å². The maximum absolute atomic E-state index is 8.24. The molecule has 0 amide bonds. The molecular weight excluding hydrogens is 773 g/mol. The first-order valence-corrected chi connectivity index (χ1v) is 24.1. The van der Waals surface area contributed by atoms with Gasteiger partial charge in [-0.3, -0.25) is 0 Å². The summed E-state index contributed by atoms with van der Waals surface area (Å²) in [6.45, 7) is 4.71. The first kappa shape index (κ1) is 23.2. The zero-order chi connectivity index (χ0) is 37.8. The van der Waals surface area contributed by atoms with Gasteiger partial charge in [-0.15, -0.1) is 0 Å². The molecule has 0 aromatic heterocycles. The van der Waals surface area contributed by atoms with E-state index in [9.17, 15) is 0 Å². The Labute approximate surface area is 347 Å². The molecule has 4 aliphatic carbocycles. The quantitative estimate of drug-likeness (QED) is 0.159. The number of hydrogen-bond acceptors (Lipinski definition) is 1. The Hall–Kier alpha value is -7.58. The molecule has 0 aliphatic heterocycles. The van der Waals surface area contributed by atoms with Crippen molar-refractivity contribution in [3.05, 3.63) is 28.2 Å². The lowest BCUT2D eigenvalue weighted by Gasteiger charge is -2.45. The topological polar surface area (TPSA) is 9.23 Å². The van der Waals surface area contributed by atoms with E-state index in [0.29, 0.717) is 0 Å². The monoisotopic (exact) mass is 779 g/mol. The van der Waals surface area contributed by atoms with Gasteiger partial charge in [-0.1, -0.05) is 0 Å². The zero-order valence-electron chi connectivity index (χ0n) is 33.0. The SMILES string of the molecule is CC(C)OC12[C]3c4c5c6c1c1c7c2c2c8c3c3c4c4c9c5c5c6c6c1c1c%10c7c7c2c2c8c8c3c3c4c4c9c9c5c5c6c1c1c6c%10c7c7c2c2c8c3c3c4c4c9c5c1c1c6c7c2c3c41. The van der Waals surface area contributed by atoms with Gasteiger partial charge in [-0.05, 0) is 316 Å². The van der Waals surface area contributed by atoms with Gasteiger partial charge in [0, 0.05) is 11.1 Å². The lowest BCUT2D eigenvalue weighted by Crippen LogP contribution is -2.42. The Morgan fingerprint density at radius 1 is 0.203 bits per heavy atom. The van der Waals surface area contributed by atoms with Gasteiger partial charge in [-0.2, -0.15) is 0 Å². The van der Waals surface area contributed by atoms with E-state index in [1.165, 1.54) is 0 Å². The van der Waals surface area contributed by atoms with Gasteiger partial charge in [0.1, 0.15) is 5.60 Å². The van der Waals surface area contributed by atoms with Crippen LogP contribution in [-0.2, 0) is 10.3 Å². The second-order valence-corrected chi connectivity index (χ2v) is 24.0. The van der Waals surface area contributed by atoms with E-state index >= 15 is 0 Å². The van der Waals surface area contributed by atoms with Gasteiger partial charge in [0.25, 0.3) is 0 Å². The van der Waals surface area contributed by atoms with Crippen molar-refractivity contribution in [1.29, 1.82) is 0 Å². The summed E-state index contributed by atoms with van der Waals surface area (Å²) in [5, 5.41) is 88.2. The van der Waals surface area contributed by atoms with Gasteiger partial charge in [-0.25, -0.2) is 0 Å². The van der Waals surface area contributed by atoms with Crippen molar-refractivity contribution in [1.82, 2.24) is 0 Å². The molecule has 0 saturated carbocycles. The highest BCUT2D eigenvalue weighted by Gasteiger charge is 2.64. The van der Waals surface area contributed by atoms with Crippen molar-refractivity contribution in [3.63, 3.8) is 0 Å². The Bertz CT molecular complexity index is 6690. The Kier molecular flexibility index (Phi) is 1.85. The summed E-state index contributed by atoms with van der Waals surface area (Å²) in [6.07, 6.45) is 0.0525. The fraction of sp³-hybridized carbons (Fsp3) is 0.0635. The minimum Gasteiger partial charge on any atom is -0.361 e. The molecule has 0 saturated heterocycles. The van der Waals surface area contributed by atoms with Crippen molar-refractivity contribution in [2.24, 2.45) is 0 Å². The van der Waals surface area contributed by atoms with Crippen LogP contribution < -0.4 is 0 Å². The summed E-state index contributed by atoms with van der Waals surface area (Å²) in [5.74, 6) is 1.56. The molecule has 0 fully saturated rings. The second kappa shape index (κ2) is 5.10. The standard InChI is InChI=1S/C63H7O/c1-3(2)64-63-60-56-50-36-28-20-8-5-4-6-9(8)21-23-19-13(6)15-11-7(4)10-14-12(5)18-22(20)34(36)42-40-26(18)24(14)32-30-16(10)17(11)31-33-25(15)27(19)41-43-35(23)37(29(21)28)51(50)57(60)53(43)55-47(41)45(33)49-39(31)38(30)48-44(32)46(40)54(52(42)56)61(63)58(48)59(49)62(55)63/h3H,1-2H3. The lowest BCUT2D eigenvalue weighted by atomic mass is 9.64. The van der Waals surface area contributed by atoms with Crippen LogP contribution in [0.3, 0.4) is 0 Å². The number of benzene rings is 18. The third kappa shape index (κ3) is 1.18. The Morgan fingerprint density at radius 2 is 0.344 bits per heavy atom. The fourth-order valence-electron chi connectivity index (χ4n) is 23.3. The van der Waals surface area contributed by atoms with Crippen LogP contribution in [0, 0.1) is 5.92 Å². The molecule has 0 spiro atoms. The van der Waals surface area contributed by atoms with E-state index in [4.69, 9.17) is 4.74 Å². The third-order valence-corrected chi connectivity index (χ3v) is 23.2. The predicted molar refractivity (Wildman–Crippen MR) is 271 cm³/mol. The average Bonchev–Trinajstić information content (AvgIpc) is 4.12. The molecule has 64 heavy (non-hydrogen) atoms. The summed E-state index contributed by atoms with van der Waals surface area (Å²) < 4.78 is 8.24. The first-order chi connectivity index (χ1) is 31.8. The average molecular weight is 780 g/mol. The van der Waals surface area contributed by atoms with E-state index in [1.807, 2.05) is 0 Å². The lowest BCUT2D eigenvalue weighted by molar-refractivity contribution is -0.0364. The predicted octanol–water partition coefficient (Wildman–Crippen LogP) is 17.4. The highest BCUT2D eigenvalue weighted by atomic mass is 16.5. The Balaban J connectivity index is 1.29. The largest absolute Gasteiger partial charge is 0.361 e. The molecule has 1 nitrogen and oxygen atoms in total. The summed E-state index contributed by atoms with van der Waals surface area (Å²) in [4.78, 5) is 0. The highest BCUT2D eigenvalue weighted by Crippen LogP contribution is 2.83. The van der Waals surface area contributed by atoms with Crippen LogP contribution in [0.1, 0.15) is 36.1 Å². The molecule has 0 N–H and O–H groups in total. The molecular formula is C63H7O. The van der Waals surface area contributed by atoms with E-state index in [-0.39, 0.29) is 6.10 Å². The van der Waals surface area contributed by atoms with Crippen molar-refractivity contribution >= 4 is 291 Å². The van der Waals surface area contributed by atoms with Crippen LogP contribution in [0.15, 0.2) is 0 Å². The summed E-state index contributed by atoms with van der Waals surface area (Å²) in [6, 6.07) is 0. The number of rotatable bonds is 2. The van der Waals surface area contributed by atoms with Crippen LogP contribution in [0.4, 0.5) is 0 Å². The highest BCUT2D eigenvalue weighted by molar-refractivity contribution is 6.82. The molecule has 1 radical (unpaired) electrons. The summed E-state index contributed by atoms with van der Waals surface area (Å²) in [5.41, 5.74) is 5.66. The van der Waals surface area contributed by atoms with Gasteiger partial charge < -0.3 is 4.74 Å². The van der Waals surface area contributed by atoms with Crippen LogP contribution in [-0.4, -0.2) is 6.10 Å². The summed E-state index contributed by atoms with van der Waals surface area (Å²) >= 11 is 0. The van der Waals surface area contributed by atoms with Gasteiger partial charge >= 0.3 is 0 Å². The fourth-order valence-corrected chi connectivity index (χ4v) is 23.3. The Morgan fingerprint density at radius 3 is 0.531 bits per heavy atom. The summed E-state index contributed by atoms with van der Waals surface area (Å²) in [7, 11) is 0. The molecule has 28 aromatic rings. The molecule has 32 rings (SSSR count). The van der Waals surface area contributed by atoms with Crippen molar-refractivity contribution in [2.75, 3.05) is 0 Å². The molecule has 1 heteroatoms. The van der Waals surface area contributed by atoms with Crippen molar-refractivity contribution in [2.45, 2.75) is 25.6 Å². The third-order valence-electron chi connectivity index (χ3n) is 23.2. The molecule has 28 aromatic carbocycles. The van der Waals surface area contributed by atoms with Crippen LogP contribution >= 0.6 is 0 Å². The van der Waals surface area contributed by atoms with E-state index < -0.39 is 5.60 Å². The van der Waals surface area contributed by atoms with E-state index in [0.717, 1.165) is 0 Å². The van der Waals surface area contributed by atoms with E-state index in [1.54, 1.807) is 319 Å². The maximum atomic E-state index is 8.24. The molecule has 265 valence electrons. The number of ether oxygens (including phenoxy) is 1. The second-order valence-electron chi connectivity index (χ2n) is 24.0. The number of hydrogen-bond donors (Lipinski definition) is 0.